The van der Waals surface area contributed by atoms with Crippen molar-refractivity contribution >= 4 is 0 Å². The molecule has 2 aliphatic carbocycles. The summed E-state index contributed by atoms with van der Waals surface area (Å²) in [4.78, 5) is 0. The third-order valence-electron chi connectivity index (χ3n) is 3.10. The van der Waals surface area contributed by atoms with Crippen molar-refractivity contribution < 1.29 is 15.3 Å². The maximum Gasteiger partial charge on any atom is 0.0855 e. The van der Waals surface area contributed by atoms with Gasteiger partial charge in [-0.05, 0) is 6.42 Å². The summed E-state index contributed by atoms with van der Waals surface area (Å²) in [5.74, 6) is -0.310. The standard InChI is InChI=1S/C7H13NO3/c8-4-2-1-3(5(4)9)7(11)6(2)10/h2-7,9-11H,1,8H2. The highest BCUT2D eigenvalue weighted by atomic mass is 16.3. The van der Waals surface area contributed by atoms with Crippen molar-refractivity contribution in [2.75, 3.05) is 0 Å². The second-order valence-corrected chi connectivity index (χ2v) is 3.61. The van der Waals surface area contributed by atoms with Crippen LogP contribution in [0.5, 0.6) is 0 Å². The first-order valence-electron chi connectivity index (χ1n) is 3.92. The van der Waals surface area contributed by atoms with E-state index in [4.69, 9.17) is 5.73 Å². The molecule has 6 atom stereocenters. The molecule has 2 saturated carbocycles. The number of aliphatic hydroxyl groups excluding tert-OH is 3. The van der Waals surface area contributed by atoms with Gasteiger partial charge in [-0.25, -0.2) is 0 Å². The van der Waals surface area contributed by atoms with E-state index in [9.17, 15) is 15.3 Å². The predicted molar refractivity (Wildman–Crippen MR) is 37.6 cm³/mol. The largest absolute Gasteiger partial charge is 0.391 e. The number of aliphatic hydroxyl groups is 3. The van der Waals surface area contributed by atoms with Crippen LogP contribution in [0.3, 0.4) is 0 Å². The lowest BCUT2D eigenvalue weighted by Gasteiger charge is -2.31. The Hall–Kier alpha value is -0.160. The molecule has 6 unspecified atom stereocenters. The molecule has 4 heteroatoms. The van der Waals surface area contributed by atoms with Crippen LogP contribution in [0.2, 0.25) is 0 Å². The molecule has 0 aliphatic heterocycles. The maximum atomic E-state index is 9.38. The lowest BCUT2D eigenvalue weighted by Crippen LogP contribution is -2.51. The number of rotatable bonds is 0. The molecule has 0 radical (unpaired) electrons. The van der Waals surface area contributed by atoms with Crippen LogP contribution in [-0.2, 0) is 0 Å². The van der Waals surface area contributed by atoms with Crippen molar-refractivity contribution in [3.63, 3.8) is 0 Å². The summed E-state index contributed by atoms with van der Waals surface area (Å²) >= 11 is 0. The summed E-state index contributed by atoms with van der Waals surface area (Å²) in [6.07, 6.45) is -1.46. The quantitative estimate of drug-likeness (QED) is 0.331. The zero-order chi connectivity index (χ0) is 8.17. The summed E-state index contributed by atoms with van der Waals surface area (Å²) in [5.41, 5.74) is 5.59. The van der Waals surface area contributed by atoms with Gasteiger partial charge in [0.25, 0.3) is 0 Å². The van der Waals surface area contributed by atoms with E-state index in [1.165, 1.54) is 0 Å². The van der Waals surface area contributed by atoms with Gasteiger partial charge < -0.3 is 21.1 Å². The van der Waals surface area contributed by atoms with E-state index in [1.807, 2.05) is 0 Å². The molecule has 0 saturated heterocycles. The van der Waals surface area contributed by atoms with Gasteiger partial charge in [-0.3, -0.25) is 0 Å². The SMILES string of the molecule is NC1C(O)C2CC1C(O)C2O. The summed E-state index contributed by atoms with van der Waals surface area (Å²) < 4.78 is 0. The van der Waals surface area contributed by atoms with Crippen molar-refractivity contribution in [3.8, 4) is 0 Å². The minimum atomic E-state index is -0.769. The van der Waals surface area contributed by atoms with Gasteiger partial charge in [0, 0.05) is 17.9 Å². The monoisotopic (exact) mass is 159 g/mol. The van der Waals surface area contributed by atoms with E-state index in [2.05, 4.69) is 0 Å². The molecule has 0 aromatic carbocycles. The Morgan fingerprint density at radius 2 is 1.45 bits per heavy atom. The normalized spacial score (nSPS) is 62.2. The molecule has 0 aromatic rings. The van der Waals surface area contributed by atoms with Crippen LogP contribution in [-0.4, -0.2) is 39.7 Å². The van der Waals surface area contributed by atoms with E-state index in [-0.39, 0.29) is 17.9 Å². The summed E-state index contributed by atoms with van der Waals surface area (Å²) in [5, 5.41) is 28.0. The zero-order valence-electron chi connectivity index (χ0n) is 6.09. The van der Waals surface area contributed by atoms with E-state index < -0.39 is 18.3 Å². The fraction of sp³-hybridized carbons (Fsp3) is 1.00. The molecule has 5 N–H and O–H groups in total. The van der Waals surface area contributed by atoms with Gasteiger partial charge in [0.1, 0.15) is 0 Å². The van der Waals surface area contributed by atoms with E-state index >= 15 is 0 Å². The van der Waals surface area contributed by atoms with Gasteiger partial charge in [-0.1, -0.05) is 0 Å². The van der Waals surface area contributed by atoms with Crippen molar-refractivity contribution in [3.05, 3.63) is 0 Å². The Morgan fingerprint density at radius 1 is 0.909 bits per heavy atom. The molecule has 0 aromatic heterocycles. The van der Waals surface area contributed by atoms with Crippen LogP contribution in [0.25, 0.3) is 0 Å². The molecule has 0 amide bonds. The third kappa shape index (κ3) is 0.780. The topological polar surface area (TPSA) is 86.7 Å². The Kier molecular flexibility index (Phi) is 1.47. The van der Waals surface area contributed by atoms with E-state index in [0.29, 0.717) is 6.42 Å². The number of hydrogen-bond donors (Lipinski definition) is 4. The Balaban J connectivity index is 2.21. The van der Waals surface area contributed by atoms with E-state index in [0.717, 1.165) is 0 Å². The first-order chi connectivity index (χ1) is 5.13. The summed E-state index contributed by atoms with van der Waals surface area (Å²) in [6.45, 7) is 0. The minimum absolute atomic E-state index is 0.106. The van der Waals surface area contributed by atoms with Gasteiger partial charge >= 0.3 is 0 Å². The van der Waals surface area contributed by atoms with Gasteiger partial charge in [-0.15, -0.1) is 0 Å². The Labute approximate surface area is 64.6 Å². The fourth-order valence-electron chi connectivity index (χ4n) is 2.36. The number of nitrogens with two attached hydrogens (primary N) is 1. The lowest BCUT2D eigenvalue weighted by atomic mass is 9.89. The highest BCUT2D eigenvalue weighted by molar-refractivity contribution is 5.08. The molecule has 64 valence electrons. The lowest BCUT2D eigenvalue weighted by molar-refractivity contribution is -0.0676. The van der Waals surface area contributed by atoms with Gasteiger partial charge in [0.2, 0.25) is 0 Å². The molecule has 2 aliphatic rings. The van der Waals surface area contributed by atoms with Gasteiger partial charge in [0.15, 0.2) is 0 Å². The van der Waals surface area contributed by atoms with Crippen molar-refractivity contribution in [1.29, 1.82) is 0 Å². The summed E-state index contributed by atoms with van der Waals surface area (Å²) in [6, 6.07) is -0.349. The van der Waals surface area contributed by atoms with Crippen LogP contribution in [0, 0.1) is 11.8 Å². The van der Waals surface area contributed by atoms with Crippen LogP contribution in [0.1, 0.15) is 6.42 Å². The van der Waals surface area contributed by atoms with Crippen LogP contribution in [0.15, 0.2) is 0 Å². The molecular weight excluding hydrogens is 146 g/mol. The molecule has 2 fully saturated rings. The smallest absolute Gasteiger partial charge is 0.0855 e. The summed E-state index contributed by atoms with van der Waals surface area (Å²) in [7, 11) is 0. The Bertz CT molecular complexity index is 141. The minimum Gasteiger partial charge on any atom is -0.391 e. The van der Waals surface area contributed by atoms with Crippen molar-refractivity contribution in [2.45, 2.75) is 30.8 Å². The van der Waals surface area contributed by atoms with E-state index in [1.54, 1.807) is 0 Å². The maximum absolute atomic E-state index is 9.38. The highest BCUT2D eigenvalue weighted by Crippen LogP contribution is 2.44. The second kappa shape index (κ2) is 2.17. The third-order valence-corrected chi connectivity index (χ3v) is 3.10. The molecule has 0 heterocycles. The highest BCUT2D eigenvalue weighted by Gasteiger charge is 2.55. The number of fused-ring (bicyclic) bond motifs is 2. The Morgan fingerprint density at radius 3 is 1.91 bits per heavy atom. The molecule has 2 bridgehead atoms. The molecule has 2 rings (SSSR count). The molecule has 11 heavy (non-hydrogen) atoms. The fourth-order valence-corrected chi connectivity index (χ4v) is 2.36. The first kappa shape index (κ1) is 7.49. The van der Waals surface area contributed by atoms with Crippen molar-refractivity contribution in [1.82, 2.24) is 0 Å². The van der Waals surface area contributed by atoms with Crippen LogP contribution in [0.4, 0.5) is 0 Å². The van der Waals surface area contributed by atoms with Crippen molar-refractivity contribution in [2.24, 2.45) is 17.6 Å². The molecular formula is C7H13NO3. The number of hydrogen-bond acceptors (Lipinski definition) is 4. The predicted octanol–water partition coefficient (Wildman–Crippen LogP) is -1.95. The average molecular weight is 159 g/mol. The van der Waals surface area contributed by atoms with Gasteiger partial charge in [0.05, 0.1) is 18.3 Å². The molecule has 0 spiro atoms. The second-order valence-electron chi connectivity index (χ2n) is 3.61. The first-order valence-corrected chi connectivity index (χ1v) is 3.92. The van der Waals surface area contributed by atoms with Crippen LogP contribution < -0.4 is 5.73 Å². The average Bonchev–Trinajstić information content (AvgIpc) is 2.40. The zero-order valence-corrected chi connectivity index (χ0v) is 6.09. The van der Waals surface area contributed by atoms with Crippen LogP contribution >= 0.6 is 0 Å². The molecule has 4 nitrogen and oxygen atoms in total. The van der Waals surface area contributed by atoms with Gasteiger partial charge in [-0.2, -0.15) is 0 Å².